The van der Waals surface area contributed by atoms with Gasteiger partial charge in [-0.15, -0.1) is 0 Å². The van der Waals surface area contributed by atoms with Crippen LogP contribution in [0.3, 0.4) is 0 Å². The number of unbranched alkanes of at least 4 members (excludes halogenated alkanes) is 8. The Labute approximate surface area is 135 Å². The normalized spacial score (nSPS) is 11.7. The lowest BCUT2D eigenvalue weighted by molar-refractivity contribution is 0.499. The van der Waals surface area contributed by atoms with Crippen LogP contribution in [-0.2, 0) is 0 Å². The highest BCUT2D eigenvalue weighted by Gasteiger charge is 1.96. The molecule has 0 aromatic carbocycles. The van der Waals surface area contributed by atoms with Crippen LogP contribution < -0.4 is 5.32 Å². The highest BCUT2D eigenvalue weighted by atomic mass is 14.8. The van der Waals surface area contributed by atoms with Crippen LogP contribution in [0.5, 0.6) is 0 Å². The van der Waals surface area contributed by atoms with Gasteiger partial charge in [0, 0.05) is 0 Å². The second-order valence-electron chi connectivity index (χ2n) is 7.65. The maximum atomic E-state index is 3.60. The van der Waals surface area contributed by atoms with Gasteiger partial charge in [0.2, 0.25) is 0 Å². The Kier molecular flexibility index (Phi) is 16.3. The Hall–Kier alpha value is -0.0400. The van der Waals surface area contributed by atoms with E-state index >= 15 is 0 Å². The molecule has 0 amide bonds. The summed E-state index contributed by atoms with van der Waals surface area (Å²) in [6.07, 6.45) is 17.0. The van der Waals surface area contributed by atoms with Gasteiger partial charge in [0.15, 0.2) is 0 Å². The summed E-state index contributed by atoms with van der Waals surface area (Å²) in [4.78, 5) is 0. The third-order valence-corrected chi connectivity index (χ3v) is 4.27. The van der Waals surface area contributed by atoms with E-state index in [2.05, 4.69) is 33.0 Å². The van der Waals surface area contributed by atoms with Crippen molar-refractivity contribution in [2.24, 2.45) is 11.8 Å². The highest BCUT2D eigenvalue weighted by Crippen LogP contribution is 2.12. The van der Waals surface area contributed by atoms with Crippen molar-refractivity contribution in [1.29, 1.82) is 0 Å². The fraction of sp³-hybridized carbons (Fsp3) is 1.00. The monoisotopic (exact) mass is 297 g/mol. The lowest BCUT2D eigenvalue weighted by Gasteiger charge is -2.06. The number of hydrogen-bond donors (Lipinski definition) is 1. The van der Waals surface area contributed by atoms with Crippen LogP contribution in [0.15, 0.2) is 0 Å². The average molecular weight is 298 g/mol. The predicted octanol–water partition coefficient (Wildman–Crippen LogP) is 6.57. The third kappa shape index (κ3) is 20.0. The summed E-state index contributed by atoms with van der Waals surface area (Å²) in [6.45, 7) is 11.8. The standard InChI is InChI=1S/C20H43N/c1-19(2)15-11-8-6-5-7-9-13-17-21-18-14-10-12-16-20(3)4/h19-21H,5-18H2,1-4H3. The van der Waals surface area contributed by atoms with Crippen molar-refractivity contribution in [2.45, 2.75) is 105 Å². The molecular weight excluding hydrogens is 254 g/mol. The summed E-state index contributed by atoms with van der Waals surface area (Å²) in [5.41, 5.74) is 0. The lowest BCUT2D eigenvalue weighted by Crippen LogP contribution is -2.16. The molecule has 0 aliphatic carbocycles. The summed E-state index contributed by atoms with van der Waals surface area (Å²) in [7, 11) is 0. The molecule has 1 nitrogen and oxygen atoms in total. The Bertz CT molecular complexity index is 166. The highest BCUT2D eigenvalue weighted by molar-refractivity contribution is 4.53. The quantitative estimate of drug-likeness (QED) is 0.318. The van der Waals surface area contributed by atoms with E-state index < -0.39 is 0 Å². The van der Waals surface area contributed by atoms with E-state index in [4.69, 9.17) is 0 Å². The second kappa shape index (κ2) is 16.3. The molecule has 0 aromatic heterocycles. The first kappa shape index (κ1) is 21.0. The van der Waals surface area contributed by atoms with Gasteiger partial charge in [0.1, 0.15) is 0 Å². The molecule has 0 aliphatic heterocycles. The van der Waals surface area contributed by atoms with Gasteiger partial charge in [-0.1, -0.05) is 91.9 Å². The van der Waals surface area contributed by atoms with Crippen LogP contribution in [-0.4, -0.2) is 13.1 Å². The van der Waals surface area contributed by atoms with Crippen LogP contribution in [0.25, 0.3) is 0 Å². The van der Waals surface area contributed by atoms with Crippen LogP contribution in [0.1, 0.15) is 105 Å². The minimum Gasteiger partial charge on any atom is -0.317 e. The molecule has 0 radical (unpaired) electrons. The molecule has 128 valence electrons. The van der Waals surface area contributed by atoms with E-state index in [0.717, 1.165) is 11.8 Å². The zero-order valence-electron chi connectivity index (χ0n) is 15.6. The van der Waals surface area contributed by atoms with Crippen molar-refractivity contribution in [3.05, 3.63) is 0 Å². The van der Waals surface area contributed by atoms with Gasteiger partial charge in [-0.2, -0.15) is 0 Å². The zero-order valence-corrected chi connectivity index (χ0v) is 15.6. The van der Waals surface area contributed by atoms with E-state index in [0.29, 0.717) is 0 Å². The summed E-state index contributed by atoms with van der Waals surface area (Å²) < 4.78 is 0. The molecule has 0 fully saturated rings. The predicted molar refractivity (Wildman–Crippen MR) is 97.9 cm³/mol. The van der Waals surface area contributed by atoms with Gasteiger partial charge in [0.05, 0.1) is 0 Å². The maximum Gasteiger partial charge on any atom is -0.00489 e. The van der Waals surface area contributed by atoms with E-state index in [1.807, 2.05) is 0 Å². The molecule has 0 atom stereocenters. The zero-order chi connectivity index (χ0) is 15.8. The largest absolute Gasteiger partial charge is 0.317 e. The van der Waals surface area contributed by atoms with E-state index in [1.165, 1.54) is 90.1 Å². The van der Waals surface area contributed by atoms with Gasteiger partial charge >= 0.3 is 0 Å². The van der Waals surface area contributed by atoms with E-state index in [9.17, 15) is 0 Å². The van der Waals surface area contributed by atoms with Gasteiger partial charge in [-0.3, -0.25) is 0 Å². The molecule has 0 aliphatic rings. The van der Waals surface area contributed by atoms with Crippen molar-refractivity contribution >= 4 is 0 Å². The van der Waals surface area contributed by atoms with E-state index in [-0.39, 0.29) is 0 Å². The fourth-order valence-electron chi connectivity index (χ4n) is 2.79. The average Bonchev–Trinajstić information content (AvgIpc) is 2.42. The molecule has 0 bridgehead atoms. The Balaban J connectivity index is 2.96. The second-order valence-corrected chi connectivity index (χ2v) is 7.65. The molecule has 0 spiro atoms. The topological polar surface area (TPSA) is 12.0 Å². The Morgan fingerprint density at radius 2 is 0.810 bits per heavy atom. The summed E-state index contributed by atoms with van der Waals surface area (Å²) >= 11 is 0. The lowest BCUT2D eigenvalue weighted by atomic mass is 10.0. The summed E-state index contributed by atoms with van der Waals surface area (Å²) in [5, 5.41) is 3.60. The minimum absolute atomic E-state index is 0.878. The summed E-state index contributed by atoms with van der Waals surface area (Å²) in [6, 6.07) is 0. The van der Waals surface area contributed by atoms with Crippen molar-refractivity contribution in [3.8, 4) is 0 Å². The van der Waals surface area contributed by atoms with Gasteiger partial charge in [0.25, 0.3) is 0 Å². The van der Waals surface area contributed by atoms with Crippen molar-refractivity contribution in [1.82, 2.24) is 5.32 Å². The van der Waals surface area contributed by atoms with Crippen molar-refractivity contribution in [3.63, 3.8) is 0 Å². The van der Waals surface area contributed by atoms with Crippen LogP contribution in [0, 0.1) is 11.8 Å². The van der Waals surface area contributed by atoms with Crippen LogP contribution in [0.4, 0.5) is 0 Å². The fourth-order valence-corrected chi connectivity index (χ4v) is 2.79. The molecular formula is C20H43N. The van der Waals surface area contributed by atoms with Crippen molar-refractivity contribution in [2.75, 3.05) is 13.1 Å². The molecule has 0 heterocycles. The van der Waals surface area contributed by atoms with Gasteiger partial charge < -0.3 is 5.32 Å². The SMILES string of the molecule is CC(C)CCCCCCCCCNCCCCCC(C)C. The van der Waals surface area contributed by atoms with Crippen LogP contribution in [0.2, 0.25) is 0 Å². The van der Waals surface area contributed by atoms with Crippen LogP contribution >= 0.6 is 0 Å². The molecule has 0 saturated heterocycles. The Morgan fingerprint density at radius 1 is 0.476 bits per heavy atom. The first-order chi connectivity index (χ1) is 10.1. The molecule has 0 saturated carbocycles. The van der Waals surface area contributed by atoms with Crippen molar-refractivity contribution < 1.29 is 0 Å². The van der Waals surface area contributed by atoms with Gasteiger partial charge in [-0.05, 0) is 37.8 Å². The van der Waals surface area contributed by atoms with E-state index in [1.54, 1.807) is 0 Å². The minimum atomic E-state index is 0.878. The first-order valence-electron chi connectivity index (χ1n) is 9.83. The number of nitrogens with one attached hydrogen (secondary N) is 1. The molecule has 0 aromatic rings. The molecule has 0 unspecified atom stereocenters. The molecule has 21 heavy (non-hydrogen) atoms. The molecule has 0 rings (SSSR count). The Morgan fingerprint density at radius 3 is 1.24 bits per heavy atom. The molecule has 1 heteroatoms. The molecule has 1 N–H and O–H groups in total. The maximum absolute atomic E-state index is 3.60. The first-order valence-corrected chi connectivity index (χ1v) is 9.83. The van der Waals surface area contributed by atoms with Gasteiger partial charge in [-0.25, -0.2) is 0 Å². The number of rotatable bonds is 16. The number of hydrogen-bond acceptors (Lipinski definition) is 1. The summed E-state index contributed by atoms with van der Waals surface area (Å²) in [5.74, 6) is 1.77. The third-order valence-electron chi connectivity index (χ3n) is 4.27. The smallest absolute Gasteiger partial charge is 0.00489 e.